The number of alkyl halides is 3. The van der Waals surface area contributed by atoms with Gasteiger partial charge < -0.3 is 25.2 Å². The van der Waals surface area contributed by atoms with Gasteiger partial charge in [0.05, 0.1) is 16.8 Å². The van der Waals surface area contributed by atoms with Crippen LogP contribution in [-0.4, -0.2) is 84.9 Å². The molecule has 2 saturated carbocycles. The van der Waals surface area contributed by atoms with Crippen molar-refractivity contribution < 1.29 is 32.3 Å². The molecule has 3 N–H and O–H groups in total. The maximum atomic E-state index is 15.8. The van der Waals surface area contributed by atoms with E-state index < -0.39 is 36.4 Å². The molecular weight excluding hydrogens is 652 g/mol. The Hall–Kier alpha value is -3.97. The second kappa shape index (κ2) is 12.1. The van der Waals surface area contributed by atoms with Gasteiger partial charge in [-0.1, -0.05) is 18.2 Å². The summed E-state index contributed by atoms with van der Waals surface area (Å²) in [6, 6.07) is 9.51. The zero-order chi connectivity index (χ0) is 35.1. The van der Waals surface area contributed by atoms with Gasteiger partial charge in [-0.05, 0) is 87.8 Å². The summed E-state index contributed by atoms with van der Waals surface area (Å²) < 4.78 is 59.0. The highest BCUT2D eigenvalue weighted by atomic mass is 19.4. The lowest BCUT2D eigenvalue weighted by Crippen LogP contribution is -2.59. The first-order valence-corrected chi connectivity index (χ1v) is 17.7. The summed E-state index contributed by atoms with van der Waals surface area (Å²) in [7, 11) is 0. The highest BCUT2D eigenvalue weighted by molar-refractivity contribution is 5.95. The van der Waals surface area contributed by atoms with Crippen LogP contribution in [0.3, 0.4) is 0 Å². The number of nitrogens with zero attached hydrogens (tertiary/aromatic N) is 5. The first-order valence-electron chi connectivity index (χ1n) is 17.7. The number of fused-ring (bicyclic) bond motifs is 2. The maximum Gasteiger partial charge on any atom is 0.417 e. The molecule has 2 saturated heterocycles. The molecule has 2 aliphatic carbocycles. The van der Waals surface area contributed by atoms with E-state index in [9.17, 15) is 27.9 Å². The van der Waals surface area contributed by atoms with Crippen LogP contribution in [0.2, 0.25) is 0 Å². The Kier molecular flexibility index (Phi) is 8.01. The van der Waals surface area contributed by atoms with Crippen molar-refractivity contribution >= 4 is 28.2 Å². The molecule has 0 radical (unpaired) electrons. The van der Waals surface area contributed by atoms with Gasteiger partial charge >= 0.3 is 6.18 Å². The van der Waals surface area contributed by atoms with Crippen LogP contribution in [0.25, 0.3) is 27.8 Å². The summed E-state index contributed by atoms with van der Waals surface area (Å²) in [6.07, 6.45) is 0.965. The molecule has 13 heteroatoms. The molecule has 8 rings (SSSR count). The van der Waals surface area contributed by atoms with Gasteiger partial charge in [0.2, 0.25) is 5.91 Å². The lowest BCUT2D eigenvalue weighted by Gasteiger charge is -2.45. The number of halogens is 4. The van der Waals surface area contributed by atoms with Gasteiger partial charge in [-0.15, -0.1) is 0 Å². The van der Waals surface area contributed by atoms with Crippen LogP contribution in [0.4, 0.5) is 17.6 Å². The first-order chi connectivity index (χ1) is 23.8. The molecule has 9 nitrogen and oxygen atoms in total. The third-order valence-electron chi connectivity index (χ3n) is 11.5. The van der Waals surface area contributed by atoms with E-state index >= 15 is 4.39 Å². The molecule has 1 aromatic carbocycles. The van der Waals surface area contributed by atoms with Crippen LogP contribution in [0.1, 0.15) is 78.8 Å². The van der Waals surface area contributed by atoms with Crippen molar-refractivity contribution in [2.24, 2.45) is 17.6 Å². The van der Waals surface area contributed by atoms with Crippen molar-refractivity contribution in [3.05, 3.63) is 59.0 Å². The van der Waals surface area contributed by atoms with E-state index in [2.05, 4.69) is 22.8 Å². The van der Waals surface area contributed by atoms with E-state index in [0.29, 0.717) is 61.7 Å². The standard InChI is InChI=1S/C37H42F4N6O3/c1-21-31(43-47-19-25(14-29(38)32(21)47)34(48)45-11-3-5-27(42)20-45)30-15-24-4-2-6-28(33(24)46(30)18-22-7-8-22)23-9-12-44(13-10-23)35(49)26-16-36(50,17-26)37(39,40)41/h2,4,6,14-15,19,22-23,26-27,50H,3,5,7-13,16-18,20,42H2,1H3. The van der Waals surface area contributed by atoms with Gasteiger partial charge in [0, 0.05) is 61.8 Å². The molecule has 1 atom stereocenters. The third kappa shape index (κ3) is 5.66. The molecule has 2 amide bonds. The highest BCUT2D eigenvalue weighted by Gasteiger charge is 2.63. The van der Waals surface area contributed by atoms with Crippen molar-refractivity contribution in [1.29, 1.82) is 0 Å². The number of aliphatic hydroxyl groups is 1. The van der Waals surface area contributed by atoms with Gasteiger partial charge in [-0.25, -0.2) is 8.91 Å². The average Bonchev–Trinajstić information content (AvgIpc) is 3.73. The van der Waals surface area contributed by atoms with Crippen LogP contribution < -0.4 is 5.73 Å². The fourth-order valence-electron chi connectivity index (χ4n) is 8.47. The second-order valence-electron chi connectivity index (χ2n) is 15.1. The number of piperidine rings is 2. The molecule has 50 heavy (non-hydrogen) atoms. The largest absolute Gasteiger partial charge is 0.417 e. The number of hydrogen-bond acceptors (Lipinski definition) is 5. The Morgan fingerprint density at radius 3 is 2.44 bits per heavy atom. The number of amides is 2. The Morgan fingerprint density at radius 1 is 1.02 bits per heavy atom. The number of benzene rings is 1. The molecule has 266 valence electrons. The zero-order valence-corrected chi connectivity index (χ0v) is 28.1. The number of carbonyl (C=O) groups excluding carboxylic acids is 2. The predicted octanol–water partition coefficient (Wildman–Crippen LogP) is 5.79. The molecule has 4 aliphatic rings. The lowest BCUT2D eigenvalue weighted by atomic mass is 9.69. The summed E-state index contributed by atoms with van der Waals surface area (Å²) >= 11 is 0. The van der Waals surface area contributed by atoms with Gasteiger partial charge in [0.15, 0.2) is 5.60 Å². The molecular formula is C37H42F4N6O3. The zero-order valence-electron chi connectivity index (χ0n) is 28.1. The Bertz CT molecular complexity index is 1980. The van der Waals surface area contributed by atoms with Crippen LogP contribution in [0, 0.1) is 24.6 Å². The molecule has 3 aromatic heterocycles. The van der Waals surface area contributed by atoms with E-state index in [-0.39, 0.29) is 29.3 Å². The number of nitrogens with two attached hydrogens (primary N) is 1. The minimum absolute atomic E-state index is 0.0926. The van der Waals surface area contributed by atoms with Gasteiger partial charge in [-0.3, -0.25) is 9.59 Å². The third-order valence-corrected chi connectivity index (χ3v) is 11.5. The highest BCUT2D eigenvalue weighted by Crippen LogP contribution is 2.49. The normalized spacial score (nSPS) is 25.0. The molecule has 5 heterocycles. The fraction of sp³-hybridized carbons (Fsp3) is 0.541. The van der Waals surface area contributed by atoms with Crippen molar-refractivity contribution in [2.45, 2.75) is 88.6 Å². The van der Waals surface area contributed by atoms with E-state index in [0.717, 1.165) is 54.4 Å². The van der Waals surface area contributed by atoms with Crippen LogP contribution in [-0.2, 0) is 11.3 Å². The van der Waals surface area contributed by atoms with Crippen molar-refractivity contribution in [1.82, 2.24) is 24.0 Å². The maximum absolute atomic E-state index is 15.8. The number of likely N-dealkylation sites (tertiary alicyclic amines) is 2. The number of hydrogen-bond donors (Lipinski definition) is 2. The van der Waals surface area contributed by atoms with Crippen LogP contribution in [0.15, 0.2) is 36.5 Å². The number of pyridine rings is 1. The molecule has 1 unspecified atom stereocenters. The Labute approximate surface area is 287 Å². The molecule has 2 aliphatic heterocycles. The summed E-state index contributed by atoms with van der Waals surface area (Å²) in [5, 5.41) is 15.8. The Morgan fingerprint density at radius 2 is 1.76 bits per heavy atom. The molecule has 0 bridgehead atoms. The van der Waals surface area contributed by atoms with Gasteiger partial charge in [0.25, 0.3) is 5.91 Å². The average molecular weight is 695 g/mol. The van der Waals surface area contributed by atoms with Gasteiger partial charge in [-0.2, -0.15) is 18.3 Å². The quantitative estimate of drug-likeness (QED) is 0.249. The van der Waals surface area contributed by atoms with Crippen molar-refractivity contribution in [3.63, 3.8) is 0 Å². The minimum Gasteiger partial charge on any atom is -0.380 e. The predicted molar refractivity (Wildman–Crippen MR) is 179 cm³/mol. The smallest absolute Gasteiger partial charge is 0.380 e. The summed E-state index contributed by atoms with van der Waals surface area (Å²) in [4.78, 5) is 29.7. The summed E-state index contributed by atoms with van der Waals surface area (Å²) in [5.74, 6) is -1.24. The van der Waals surface area contributed by atoms with Crippen molar-refractivity contribution in [3.8, 4) is 11.4 Å². The number of para-hydroxylation sites is 1. The molecule has 4 aromatic rings. The second-order valence-corrected chi connectivity index (χ2v) is 15.1. The Balaban J connectivity index is 1.09. The SMILES string of the molecule is Cc1c(-c2cc3cccc(C4CCN(C(=O)C5CC(O)(C(F)(F)F)C5)CC4)c3n2CC2CC2)nn2cc(C(=O)N3CCCC(N)C3)cc(F)c12. The lowest BCUT2D eigenvalue weighted by molar-refractivity contribution is -0.296. The summed E-state index contributed by atoms with van der Waals surface area (Å²) in [5.41, 5.74) is 8.35. The topological polar surface area (TPSA) is 109 Å². The summed E-state index contributed by atoms with van der Waals surface area (Å²) in [6.45, 7) is 4.54. The number of aryl methyl sites for hydroxylation is 1. The van der Waals surface area contributed by atoms with Crippen LogP contribution >= 0.6 is 0 Å². The number of carbonyl (C=O) groups is 2. The van der Waals surface area contributed by atoms with Gasteiger partial charge in [0.1, 0.15) is 17.0 Å². The van der Waals surface area contributed by atoms with E-state index in [4.69, 9.17) is 10.8 Å². The van der Waals surface area contributed by atoms with E-state index in [1.165, 1.54) is 10.6 Å². The minimum atomic E-state index is -4.73. The van der Waals surface area contributed by atoms with E-state index in [1.807, 2.05) is 13.0 Å². The van der Waals surface area contributed by atoms with Crippen LogP contribution in [0.5, 0.6) is 0 Å². The van der Waals surface area contributed by atoms with Crippen molar-refractivity contribution in [2.75, 3.05) is 26.2 Å². The number of aromatic nitrogens is 3. The molecule has 4 fully saturated rings. The fourth-order valence-corrected chi connectivity index (χ4v) is 8.47. The first kappa shape index (κ1) is 33.2. The van der Waals surface area contributed by atoms with E-state index in [1.54, 1.807) is 16.0 Å². The molecule has 0 spiro atoms. The number of rotatable bonds is 6. The monoisotopic (exact) mass is 694 g/mol.